The number of hydrogen-bond acceptors (Lipinski definition) is 9. The van der Waals surface area contributed by atoms with E-state index in [1.807, 2.05) is 0 Å². The summed E-state index contributed by atoms with van der Waals surface area (Å²) in [6.45, 7) is 1.88. The molecule has 204 valence electrons. The number of benzene rings is 2. The van der Waals surface area contributed by atoms with Gasteiger partial charge in [-0.1, -0.05) is 6.07 Å². The fourth-order valence-corrected chi connectivity index (χ4v) is 3.57. The molecule has 4 rings (SSSR count). The quantitative estimate of drug-likeness (QED) is 0.0927. The summed E-state index contributed by atoms with van der Waals surface area (Å²) in [5, 5.41) is 25.5. The van der Waals surface area contributed by atoms with Gasteiger partial charge in [0.2, 0.25) is 12.2 Å². The van der Waals surface area contributed by atoms with Crippen LogP contribution < -0.4 is 21.6 Å². The normalized spacial score (nSPS) is 15.2. The molecule has 1 aromatic heterocycles. The van der Waals surface area contributed by atoms with Crippen molar-refractivity contribution in [1.29, 1.82) is 0 Å². The Bertz CT molecular complexity index is 1300. The van der Waals surface area contributed by atoms with Crippen LogP contribution in [-0.4, -0.2) is 70.7 Å². The van der Waals surface area contributed by atoms with Gasteiger partial charge in [0.25, 0.3) is 5.91 Å². The summed E-state index contributed by atoms with van der Waals surface area (Å²) in [5.41, 5.74) is 6.32. The number of hydrazine groups is 1. The molecule has 7 N–H and O–H groups in total. The first-order valence-electron chi connectivity index (χ1n) is 11.4. The maximum Gasteiger partial charge on any atom is 0.294 e. The van der Waals surface area contributed by atoms with Gasteiger partial charge < -0.3 is 35.3 Å². The van der Waals surface area contributed by atoms with Crippen molar-refractivity contribution in [2.45, 2.75) is 19.5 Å². The number of amides is 2. The lowest BCUT2D eigenvalue weighted by Crippen LogP contribution is -2.46. The van der Waals surface area contributed by atoms with Gasteiger partial charge in [0.15, 0.2) is 5.75 Å². The molecule has 38 heavy (non-hydrogen) atoms. The van der Waals surface area contributed by atoms with Crippen LogP contribution in [-0.2, 0) is 11.3 Å². The number of phenols is 1. The largest absolute Gasteiger partial charge is 0.507 e. The number of ether oxygens (including phenoxy) is 1. The van der Waals surface area contributed by atoms with Crippen molar-refractivity contribution in [3.63, 3.8) is 0 Å². The third-order valence-electron chi connectivity index (χ3n) is 5.44. The van der Waals surface area contributed by atoms with Gasteiger partial charge in [-0.15, -0.1) is 5.10 Å². The summed E-state index contributed by atoms with van der Waals surface area (Å²) in [7, 11) is 0. The Labute approximate surface area is 216 Å². The summed E-state index contributed by atoms with van der Waals surface area (Å²) < 4.78 is 37.7. The van der Waals surface area contributed by atoms with Gasteiger partial charge in [-0.25, -0.2) is 19.7 Å². The average molecular weight is 535 g/mol. The Kier molecular flexibility index (Phi) is 9.40. The minimum atomic E-state index is -0.524. The molecule has 2 heterocycles. The van der Waals surface area contributed by atoms with Crippen LogP contribution in [0.3, 0.4) is 0 Å². The Balaban J connectivity index is 0.000000279. The van der Waals surface area contributed by atoms with E-state index in [2.05, 4.69) is 10.4 Å². The molecule has 2 aromatic carbocycles. The van der Waals surface area contributed by atoms with Crippen LogP contribution in [0.5, 0.6) is 11.5 Å². The number of rotatable bonds is 8. The second kappa shape index (κ2) is 12.7. The number of aliphatic hydroxyl groups is 1. The Morgan fingerprint density at radius 1 is 1.34 bits per heavy atom. The van der Waals surface area contributed by atoms with Crippen molar-refractivity contribution in [3.05, 3.63) is 59.4 Å². The van der Waals surface area contributed by atoms with Crippen molar-refractivity contribution in [3.8, 4) is 11.5 Å². The van der Waals surface area contributed by atoms with Gasteiger partial charge in [0.1, 0.15) is 35.4 Å². The van der Waals surface area contributed by atoms with Crippen LogP contribution in [0.15, 0.2) is 45.9 Å². The molecule has 0 aliphatic carbocycles. The first-order chi connectivity index (χ1) is 18.2. The number of carbonyl (C=O) groups excluding carboxylic acids is 2. The van der Waals surface area contributed by atoms with E-state index in [1.165, 1.54) is 41.3 Å². The molecule has 1 aliphatic rings. The van der Waals surface area contributed by atoms with E-state index < -0.39 is 17.5 Å². The Hall–Kier alpha value is -4.43. The lowest BCUT2D eigenvalue weighted by Gasteiger charge is -2.26. The number of aromatic hydroxyl groups is 1. The molecule has 1 unspecified atom stereocenters. The third kappa shape index (κ3) is 6.66. The van der Waals surface area contributed by atoms with Crippen LogP contribution >= 0.6 is 0 Å². The highest BCUT2D eigenvalue weighted by Gasteiger charge is 2.34. The van der Waals surface area contributed by atoms with E-state index in [-0.39, 0.29) is 67.5 Å². The Morgan fingerprint density at radius 3 is 2.79 bits per heavy atom. The summed E-state index contributed by atoms with van der Waals surface area (Å²) in [5.74, 6) is 4.29. The van der Waals surface area contributed by atoms with Crippen molar-refractivity contribution in [2.75, 3.05) is 26.3 Å². The molecule has 0 radical (unpaired) electrons. The second-order valence-corrected chi connectivity index (χ2v) is 8.21. The molecule has 12 nitrogen and oxygen atoms in total. The van der Waals surface area contributed by atoms with Crippen LogP contribution in [0.2, 0.25) is 0 Å². The van der Waals surface area contributed by atoms with Gasteiger partial charge in [-0.05, 0) is 37.3 Å². The summed E-state index contributed by atoms with van der Waals surface area (Å²) in [6, 6.07) is 7.62. The number of aliphatic hydroxyl groups excluding tert-OH is 1. The molecule has 2 amide bonds. The highest BCUT2D eigenvalue weighted by atomic mass is 19.1. The average Bonchev–Trinajstić information content (AvgIpc) is 3.18. The number of hydrazone groups is 1. The molecule has 1 atom stereocenters. The van der Waals surface area contributed by atoms with E-state index in [4.69, 9.17) is 30.9 Å². The monoisotopic (exact) mass is 534 g/mol. The number of furan rings is 1. The van der Waals surface area contributed by atoms with E-state index in [0.29, 0.717) is 17.4 Å². The number of carbonyl (C=O) groups is 2. The molecule has 0 bridgehead atoms. The first kappa shape index (κ1) is 28.1. The van der Waals surface area contributed by atoms with E-state index in [0.717, 1.165) is 5.12 Å². The lowest BCUT2D eigenvalue weighted by molar-refractivity contribution is -0.109. The third-order valence-corrected chi connectivity index (χ3v) is 5.44. The lowest BCUT2D eigenvalue weighted by atomic mass is 10.2. The molecule has 0 spiro atoms. The van der Waals surface area contributed by atoms with Crippen LogP contribution in [0.4, 0.5) is 8.78 Å². The molecular weight excluding hydrogens is 506 g/mol. The number of phenolic OH excluding ortho intramolecular Hbond substituents is 1. The predicted molar refractivity (Wildman–Crippen MR) is 133 cm³/mol. The van der Waals surface area contributed by atoms with Gasteiger partial charge in [-0.2, -0.15) is 0 Å². The standard InChI is InChI=1S/C16H20FN5O4.C8H8FNO2/c1-9-8-25-14-11-6-10(17)2-3-12(11)26-15(14)16(24)21(9)7-13(18)20-22(19)4-5-23;9-7-2-1-3-8(12)6(7)4-10-5-11/h2-3,6,9,23H,4-5,7-8,19H2,1H3,(H2,18,20);1-3,5,12H,4H2,(H,10,11). The fourth-order valence-electron chi connectivity index (χ4n) is 3.57. The number of hydrogen-bond donors (Lipinski definition) is 5. The minimum absolute atomic E-state index is 0.00199. The minimum Gasteiger partial charge on any atom is -0.507 e. The summed E-state index contributed by atoms with van der Waals surface area (Å²) >= 11 is 0. The number of nitrogens with zero attached hydrogens (tertiary/aromatic N) is 3. The van der Waals surface area contributed by atoms with Gasteiger partial charge in [0, 0.05) is 12.1 Å². The van der Waals surface area contributed by atoms with Crippen molar-refractivity contribution >= 4 is 29.1 Å². The predicted octanol–water partition coefficient (Wildman–Crippen LogP) is 1.01. The van der Waals surface area contributed by atoms with Gasteiger partial charge in [-0.3, -0.25) is 9.59 Å². The van der Waals surface area contributed by atoms with Crippen molar-refractivity contribution < 1.29 is 37.7 Å². The van der Waals surface area contributed by atoms with Crippen molar-refractivity contribution in [2.24, 2.45) is 16.7 Å². The van der Waals surface area contributed by atoms with Gasteiger partial charge >= 0.3 is 0 Å². The number of halogens is 2. The SMILES string of the molecule is CC1COc2c(oc3ccc(F)cc23)C(=O)N1C/C(N)=N/N(N)CCO.O=CNCc1c(O)cccc1F. The van der Waals surface area contributed by atoms with Crippen LogP contribution in [0.1, 0.15) is 23.0 Å². The van der Waals surface area contributed by atoms with E-state index in [9.17, 15) is 18.4 Å². The topological polar surface area (TPSA) is 180 Å². The fraction of sp³-hybridized carbons (Fsp3) is 0.292. The summed E-state index contributed by atoms with van der Waals surface area (Å²) in [4.78, 5) is 24.2. The van der Waals surface area contributed by atoms with Crippen molar-refractivity contribution in [1.82, 2.24) is 15.3 Å². The smallest absolute Gasteiger partial charge is 0.294 e. The van der Waals surface area contributed by atoms with Crippen LogP contribution in [0.25, 0.3) is 11.0 Å². The number of nitrogens with two attached hydrogens (primary N) is 2. The maximum atomic E-state index is 13.5. The van der Waals surface area contributed by atoms with Crippen LogP contribution in [0, 0.1) is 11.6 Å². The zero-order chi connectivity index (χ0) is 27.8. The zero-order valence-electron chi connectivity index (χ0n) is 20.4. The Morgan fingerprint density at radius 2 is 2.11 bits per heavy atom. The number of amidine groups is 1. The molecule has 14 heteroatoms. The number of fused-ring (bicyclic) bond motifs is 3. The summed E-state index contributed by atoms with van der Waals surface area (Å²) in [6.07, 6.45) is 0.450. The molecular formula is C24H28F2N6O6. The molecule has 0 saturated carbocycles. The maximum absolute atomic E-state index is 13.5. The highest BCUT2D eigenvalue weighted by molar-refractivity contribution is 6.03. The second-order valence-electron chi connectivity index (χ2n) is 8.21. The molecule has 0 fully saturated rings. The van der Waals surface area contributed by atoms with E-state index in [1.54, 1.807) is 6.92 Å². The van der Waals surface area contributed by atoms with Gasteiger partial charge in [0.05, 0.1) is 31.1 Å². The molecule has 3 aromatic rings. The number of nitrogens with one attached hydrogen (secondary N) is 1. The zero-order valence-corrected chi connectivity index (χ0v) is 20.4. The molecule has 1 aliphatic heterocycles. The highest BCUT2D eigenvalue weighted by Crippen LogP contribution is 2.36. The van der Waals surface area contributed by atoms with E-state index >= 15 is 0 Å². The first-order valence-corrected chi connectivity index (χ1v) is 11.4. The molecule has 0 saturated heterocycles.